The lowest BCUT2D eigenvalue weighted by Gasteiger charge is -2.20. The van der Waals surface area contributed by atoms with Crippen LogP contribution in [-0.2, 0) is 17.4 Å². The molecule has 0 bridgehead atoms. The van der Waals surface area contributed by atoms with Crippen molar-refractivity contribution < 1.29 is 26.7 Å². The summed E-state index contributed by atoms with van der Waals surface area (Å²) in [6.45, 7) is 2.19. The van der Waals surface area contributed by atoms with Crippen LogP contribution in [0.3, 0.4) is 0 Å². The van der Waals surface area contributed by atoms with Gasteiger partial charge in [0.1, 0.15) is 17.5 Å². The quantitative estimate of drug-likeness (QED) is 0.271. The van der Waals surface area contributed by atoms with Crippen molar-refractivity contribution in [3.63, 3.8) is 0 Å². The second-order valence-electron chi connectivity index (χ2n) is 7.19. The molecule has 0 N–H and O–H groups in total. The number of halogens is 6. The summed E-state index contributed by atoms with van der Waals surface area (Å²) in [6, 6.07) is 5.66. The highest BCUT2D eigenvalue weighted by Gasteiger charge is 2.32. The first kappa shape index (κ1) is 24.4. The van der Waals surface area contributed by atoms with Gasteiger partial charge in [-0.15, -0.1) is 0 Å². The highest BCUT2D eigenvalue weighted by molar-refractivity contribution is 6.31. The van der Waals surface area contributed by atoms with Crippen molar-refractivity contribution in [3.8, 4) is 0 Å². The van der Waals surface area contributed by atoms with Gasteiger partial charge in [0.05, 0.1) is 16.3 Å². The second kappa shape index (κ2) is 9.70. The minimum Gasteiger partial charge on any atom is -0.326 e. The van der Waals surface area contributed by atoms with Gasteiger partial charge in [0.15, 0.2) is 0 Å². The van der Waals surface area contributed by atoms with Crippen molar-refractivity contribution >= 4 is 35.2 Å². The molecule has 0 atom stereocenters. The number of rotatable bonds is 3. The number of hydrogen-bond donors (Lipinski definition) is 0. The number of aryl methyl sites for hydroxylation is 1. The van der Waals surface area contributed by atoms with E-state index in [2.05, 4.69) is 9.97 Å². The predicted octanol–water partition coefficient (Wildman–Crippen LogP) is 5.71. The van der Waals surface area contributed by atoms with Crippen molar-refractivity contribution in [2.24, 2.45) is 0 Å². The lowest BCUT2D eigenvalue weighted by Crippen LogP contribution is -2.17. The molecule has 0 radical (unpaired) electrons. The number of fused-ring (bicyclic) bond motifs is 1. The summed E-state index contributed by atoms with van der Waals surface area (Å²) < 4.78 is 64.2. The topological polar surface area (TPSA) is 49.3 Å². The van der Waals surface area contributed by atoms with Gasteiger partial charge in [-0.3, -0.25) is 9.78 Å². The van der Waals surface area contributed by atoms with Gasteiger partial charge in [0, 0.05) is 43.4 Å². The largest absolute Gasteiger partial charge is 0.416 e. The van der Waals surface area contributed by atoms with Crippen LogP contribution in [0.1, 0.15) is 16.8 Å². The first-order valence-corrected chi connectivity index (χ1v) is 9.98. The molecule has 0 saturated carbocycles. The Morgan fingerprint density at radius 2 is 1.88 bits per heavy atom. The maximum absolute atomic E-state index is 13.0. The van der Waals surface area contributed by atoms with Gasteiger partial charge in [0.2, 0.25) is 6.41 Å². The van der Waals surface area contributed by atoms with E-state index in [9.17, 15) is 26.7 Å². The van der Waals surface area contributed by atoms with E-state index in [1.807, 2.05) is 0 Å². The highest BCUT2D eigenvalue weighted by Crippen LogP contribution is 2.36. The molecule has 1 amide bonds. The number of nitrogens with zero attached hydrogens (tertiary/aromatic N) is 4. The fourth-order valence-electron chi connectivity index (χ4n) is 3.26. The third kappa shape index (κ3) is 5.57. The Labute approximate surface area is 191 Å². The van der Waals surface area contributed by atoms with Crippen LogP contribution < -0.4 is 9.80 Å². The van der Waals surface area contributed by atoms with Crippen molar-refractivity contribution in [3.05, 3.63) is 76.2 Å². The third-order valence-electron chi connectivity index (χ3n) is 4.84. The summed E-state index contributed by atoms with van der Waals surface area (Å²) >= 11 is 5.40. The molecule has 0 spiro atoms. The van der Waals surface area contributed by atoms with Gasteiger partial charge in [-0.05, 0) is 43.2 Å². The molecule has 0 unspecified atom stereocenters. The molecule has 2 aromatic heterocycles. The summed E-state index contributed by atoms with van der Waals surface area (Å²) in [6.07, 6.45) is 0.198. The molecular formula is C22H18ClF5N4O. The minimum absolute atomic E-state index is 0.0543. The molecule has 5 nitrogen and oxygen atoms in total. The van der Waals surface area contributed by atoms with Gasteiger partial charge in [0.25, 0.3) is 0 Å². The molecule has 3 heterocycles. The molecule has 1 aliphatic heterocycles. The first-order valence-electron chi connectivity index (χ1n) is 9.60. The van der Waals surface area contributed by atoms with E-state index in [0.29, 0.717) is 30.5 Å². The monoisotopic (exact) mass is 484 g/mol. The number of hydrogen-bond acceptors (Lipinski definition) is 4. The average Bonchev–Trinajstić information content (AvgIpc) is 3.19. The van der Waals surface area contributed by atoms with Gasteiger partial charge >= 0.3 is 6.18 Å². The number of benzene rings is 1. The molecule has 33 heavy (non-hydrogen) atoms. The summed E-state index contributed by atoms with van der Waals surface area (Å²) in [5, 5.41) is -0.217. The van der Waals surface area contributed by atoms with Crippen LogP contribution in [0.5, 0.6) is 0 Å². The normalized spacial score (nSPS) is 12.7. The number of pyridine rings is 2. The highest BCUT2D eigenvalue weighted by atomic mass is 35.5. The molecule has 4 rings (SSSR count). The fourth-order valence-corrected chi connectivity index (χ4v) is 3.42. The Balaban J connectivity index is 0.000000205. The number of anilines is 3. The summed E-state index contributed by atoms with van der Waals surface area (Å²) in [4.78, 5) is 21.3. The molecule has 0 saturated heterocycles. The van der Waals surface area contributed by atoms with Crippen LogP contribution in [0, 0.1) is 18.6 Å². The van der Waals surface area contributed by atoms with Crippen molar-refractivity contribution in [1.82, 2.24) is 9.97 Å². The van der Waals surface area contributed by atoms with Crippen LogP contribution in [0.4, 0.5) is 39.1 Å². The lowest BCUT2D eigenvalue weighted by molar-refractivity contribution is -0.137. The maximum Gasteiger partial charge on any atom is 0.416 e. The van der Waals surface area contributed by atoms with Gasteiger partial charge in [-0.1, -0.05) is 11.6 Å². The SMILES string of the molecule is CN(C=O)c1cc(Cl)c(F)cc1F.Cc1cc(C(F)(F)F)cc(N2CCc3cnccc32)n1. The molecule has 0 aliphatic carbocycles. The number of amides is 1. The first-order chi connectivity index (χ1) is 15.5. The van der Waals surface area contributed by atoms with E-state index in [0.717, 1.165) is 40.8 Å². The lowest BCUT2D eigenvalue weighted by atomic mass is 10.2. The minimum atomic E-state index is -4.36. The van der Waals surface area contributed by atoms with Crippen molar-refractivity contribution in [1.29, 1.82) is 0 Å². The third-order valence-corrected chi connectivity index (χ3v) is 5.13. The maximum atomic E-state index is 13.0. The Bertz CT molecular complexity index is 1170. The second-order valence-corrected chi connectivity index (χ2v) is 7.60. The molecule has 1 aromatic carbocycles. The predicted molar refractivity (Wildman–Crippen MR) is 115 cm³/mol. The Hall–Kier alpha value is -3.27. The summed E-state index contributed by atoms with van der Waals surface area (Å²) in [7, 11) is 1.35. The number of alkyl halides is 3. The van der Waals surface area contributed by atoms with E-state index in [-0.39, 0.29) is 10.7 Å². The van der Waals surface area contributed by atoms with Crippen LogP contribution >= 0.6 is 11.6 Å². The molecule has 11 heteroatoms. The fraction of sp³-hybridized carbons (Fsp3) is 0.227. The number of aromatic nitrogens is 2. The van der Waals surface area contributed by atoms with E-state index >= 15 is 0 Å². The molecule has 174 valence electrons. The van der Waals surface area contributed by atoms with E-state index in [1.165, 1.54) is 7.05 Å². The molecule has 1 aliphatic rings. The van der Waals surface area contributed by atoms with E-state index in [1.54, 1.807) is 30.3 Å². The summed E-state index contributed by atoms with van der Waals surface area (Å²) in [5.41, 5.74) is 1.55. The van der Waals surface area contributed by atoms with E-state index in [4.69, 9.17) is 11.6 Å². The van der Waals surface area contributed by atoms with Crippen molar-refractivity contribution in [2.45, 2.75) is 19.5 Å². The average molecular weight is 485 g/mol. The number of carbonyl (C=O) groups is 1. The Morgan fingerprint density at radius 1 is 1.15 bits per heavy atom. The molecule has 3 aromatic rings. The van der Waals surface area contributed by atoms with E-state index < -0.39 is 23.4 Å². The zero-order chi connectivity index (χ0) is 24.3. The Morgan fingerprint density at radius 3 is 2.55 bits per heavy atom. The number of carbonyl (C=O) groups excluding carboxylic acids is 1. The van der Waals surface area contributed by atoms with Gasteiger partial charge in [-0.25, -0.2) is 13.8 Å². The van der Waals surface area contributed by atoms with Gasteiger partial charge < -0.3 is 9.80 Å². The standard InChI is InChI=1S/C14H12F3N3.C8H6ClF2NO/c1-9-6-11(14(15,16)17)7-13(19-9)20-5-3-10-8-18-4-2-12(10)20;1-12(4-13)8-2-5(9)6(10)3-7(8)11/h2,4,6-8H,3,5H2,1H3;2-4H,1H3. The van der Waals surface area contributed by atoms with Crippen LogP contribution in [0.2, 0.25) is 5.02 Å². The molecule has 0 fully saturated rings. The van der Waals surface area contributed by atoms with Crippen LogP contribution in [0.25, 0.3) is 0 Å². The molecular weight excluding hydrogens is 467 g/mol. The van der Waals surface area contributed by atoms with Crippen LogP contribution in [-0.4, -0.2) is 30.0 Å². The Kier molecular flexibility index (Phi) is 7.16. The zero-order valence-electron chi connectivity index (χ0n) is 17.5. The van der Waals surface area contributed by atoms with Crippen molar-refractivity contribution in [2.75, 3.05) is 23.4 Å². The van der Waals surface area contributed by atoms with Gasteiger partial charge in [-0.2, -0.15) is 13.2 Å². The van der Waals surface area contributed by atoms with Crippen LogP contribution in [0.15, 0.2) is 42.7 Å². The smallest absolute Gasteiger partial charge is 0.326 e. The summed E-state index contributed by atoms with van der Waals surface area (Å²) in [5.74, 6) is -1.33. The zero-order valence-corrected chi connectivity index (χ0v) is 18.3.